The summed E-state index contributed by atoms with van der Waals surface area (Å²) in [5.74, 6) is 1.35. The second kappa shape index (κ2) is 7.55. The number of rotatable bonds is 5. The van der Waals surface area contributed by atoms with Crippen LogP contribution in [-0.2, 0) is 0 Å². The topological polar surface area (TPSA) is 72.0 Å². The molecule has 25 heavy (non-hydrogen) atoms. The highest BCUT2D eigenvalue weighted by molar-refractivity contribution is 8.00. The maximum atomic E-state index is 5.98. The Morgan fingerprint density at radius 2 is 2.12 bits per heavy atom. The van der Waals surface area contributed by atoms with Crippen LogP contribution in [0.25, 0.3) is 10.2 Å². The van der Waals surface area contributed by atoms with Gasteiger partial charge in [-0.1, -0.05) is 11.8 Å². The van der Waals surface area contributed by atoms with Gasteiger partial charge in [-0.05, 0) is 50.4 Å². The molecule has 1 saturated heterocycles. The van der Waals surface area contributed by atoms with Gasteiger partial charge in [-0.15, -0.1) is 11.3 Å². The van der Waals surface area contributed by atoms with Gasteiger partial charge in [0.15, 0.2) is 4.34 Å². The highest BCUT2D eigenvalue weighted by Crippen LogP contribution is 2.31. The molecule has 0 spiro atoms. The summed E-state index contributed by atoms with van der Waals surface area (Å²) in [6.45, 7) is 1.99. The second-order valence-electron chi connectivity index (χ2n) is 5.80. The zero-order valence-electron chi connectivity index (χ0n) is 13.9. The zero-order chi connectivity index (χ0) is 17.1. The minimum atomic E-state index is 0.225. The van der Waals surface area contributed by atoms with Crippen LogP contribution in [0.15, 0.2) is 34.9 Å². The van der Waals surface area contributed by atoms with E-state index in [1.54, 1.807) is 23.1 Å². The van der Waals surface area contributed by atoms with Crippen LogP contribution in [0, 0.1) is 0 Å². The van der Waals surface area contributed by atoms with Crippen molar-refractivity contribution in [2.45, 2.75) is 23.3 Å². The Kier molecular flexibility index (Phi) is 5.00. The standard InChI is InChI=1S/C17H19N5OS2/c1-24-17-22-13-3-2-11(8-14(13)25-17)21-15-9-16(20-10-19-15)23-12-4-6-18-7-5-12/h2-3,8-10,12,18H,4-7H2,1H3,(H,19,20,21). The summed E-state index contributed by atoms with van der Waals surface area (Å²) in [6, 6.07) is 8.00. The van der Waals surface area contributed by atoms with Gasteiger partial charge in [-0.25, -0.2) is 15.0 Å². The number of benzene rings is 1. The number of nitrogens with zero attached hydrogens (tertiary/aromatic N) is 3. The number of aromatic nitrogens is 3. The molecule has 0 aliphatic carbocycles. The molecule has 0 amide bonds. The molecule has 8 heteroatoms. The van der Waals surface area contributed by atoms with E-state index in [2.05, 4.69) is 31.7 Å². The number of hydrogen-bond donors (Lipinski definition) is 2. The molecule has 0 saturated carbocycles. The molecule has 3 aromatic rings. The van der Waals surface area contributed by atoms with E-state index >= 15 is 0 Å². The predicted molar refractivity (Wildman–Crippen MR) is 103 cm³/mol. The molecule has 2 N–H and O–H groups in total. The van der Waals surface area contributed by atoms with Crippen LogP contribution < -0.4 is 15.4 Å². The minimum absolute atomic E-state index is 0.225. The summed E-state index contributed by atoms with van der Waals surface area (Å²) < 4.78 is 8.22. The zero-order valence-corrected chi connectivity index (χ0v) is 15.5. The summed E-state index contributed by atoms with van der Waals surface area (Å²) in [7, 11) is 0. The van der Waals surface area contributed by atoms with Gasteiger partial charge in [0, 0.05) is 11.8 Å². The molecule has 1 aliphatic heterocycles. The summed E-state index contributed by atoms with van der Waals surface area (Å²) in [4.78, 5) is 13.1. The first-order valence-electron chi connectivity index (χ1n) is 8.21. The van der Waals surface area contributed by atoms with Gasteiger partial charge in [0.25, 0.3) is 0 Å². The third-order valence-corrected chi connectivity index (χ3v) is 6.03. The Bertz CT molecular complexity index is 863. The third kappa shape index (κ3) is 4.02. The quantitative estimate of drug-likeness (QED) is 0.661. The number of piperidine rings is 1. The van der Waals surface area contributed by atoms with E-state index in [1.165, 1.54) is 6.33 Å². The van der Waals surface area contributed by atoms with Gasteiger partial charge in [0.1, 0.15) is 18.2 Å². The van der Waals surface area contributed by atoms with E-state index in [4.69, 9.17) is 4.74 Å². The number of nitrogens with one attached hydrogen (secondary N) is 2. The molecule has 0 radical (unpaired) electrons. The van der Waals surface area contributed by atoms with Gasteiger partial charge in [0.05, 0.1) is 10.2 Å². The molecule has 6 nitrogen and oxygen atoms in total. The first kappa shape index (κ1) is 16.6. The van der Waals surface area contributed by atoms with E-state index in [-0.39, 0.29) is 6.10 Å². The number of thioether (sulfide) groups is 1. The SMILES string of the molecule is CSc1nc2ccc(Nc3cc(OC4CCNCC4)ncn3)cc2s1. The van der Waals surface area contributed by atoms with Crippen molar-refractivity contribution < 1.29 is 4.74 Å². The summed E-state index contributed by atoms with van der Waals surface area (Å²) >= 11 is 3.37. The number of hydrogen-bond acceptors (Lipinski definition) is 8. The predicted octanol–water partition coefficient (Wildman–Crippen LogP) is 3.68. The van der Waals surface area contributed by atoms with E-state index in [1.807, 2.05) is 24.5 Å². The Labute approximate surface area is 154 Å². The van der Waals surface area contributed by atoms with Crippen molar-refractivity contribution in [2.24, 2.45) is 0 Å². The van der Waals surface area contributed by atoms with Crippen molar-refractivity contribution in [3.63, 3.8) is 0 Å². The van der Waals surface area contributed by atoms with Crippen LogP contribution in [0.5, 0.6) is 5.88 Å². The molecule has 0 unspecified atom stereocenters. The minimum Gasteiger partial charge on any atom is -0.474 e. The summed E-state index contributed by atoms with van der Waals surface area (Å²) in [5, 5.41) is 6.66. The molecule has 130 valence electrons. The van der Waals surface area contributed by atoms with E-state index < -0.39 is 0 Å². The monoisotopic (exact) mass is 373 g/mol. The van der Waals surface area contributed by atoms with Gasteiger partial charge in [0.2, 0.25) is 5.88 Å². The van der Waals surface area contributed by atoms with Gasteiger partial charge >= 0.3 is 0 Å². The first-order valence-corrected chi connectivity index (χ1v) is 10.3. The lowest BCUT2D eigenvalue weighted by atomic mass is 10.1. The molecule has 2 aromatic heterocycles. The molecule has 0 atom stereocenters. The van der Waals surface area contributed by atoms with E-state index in [0.717, 1.165) is 52.0 Å². The molecule has 1 aromatic carbocycles. The second-order valence-corrected chi connectivity index (χ2v) is 7.88. The Balaban J connectivity index is 1.49. The summed E-state index contributed by atoms with van der Waals surface area (Å²) in [6.07, 6.45) is 5.82. The smallest absolute Gasteiger partial charge is 0.218 e. The van der Waals surface area contributed by atoms with Crippen molar-refractivity contribution in [1.29, 1.82) is 0 Å². The summed E-state index contributed by atoms with van der Waals surface area (Å²) in [5.41, 5.74) is 2.01. The van der Waals surface area contributed by atoms with Crippen LogP contribution >= 0.6 is 23.1 Å². The fraction of sp³-hybridized carbons (Fsp3) is 0.353. The highest BCUT2D eigenvalue weighted by atomic mass is 32.2. The average molecular weight is 374 g/mol. The highest BCUT2D eigenvalue weighted by Gasteiger charge is 2.15. The number of anilines is 2. The van der Waals surface area contributed by atoms with Gasteiger partial charge in [-0.3, -0.25) is 0 Å². The van der Waals surface area contributed by atoms with Crippen LogP contribution in [0.4, 0.5) is 11.5 Å². The van der Waals surface area contributed by atoms with Crippen molar-refractivity contribution in [2.75, 3.05) is 24.7 Å². The first-order chi connectivity index (χ1) is 12.3. The largest absolute Gasteiger partial charge is 0.474 e. The molecule has 0 bridgehead atoms. The Morgan fingerprint density at radius 3 is 2.96 bits per heavy atom. The van der Waals surface area contributed by atoms with Crippen LogP contribution in [-0.4, -0.2) is 40.4 Å². The fourth-order valence-corrected chi connectivity index (χ4v) is 4.30. The number of ether oxygens (including phenoxy) is 1. The maximum absolute atomic E-state index is 5.98. The van der Waals surface area contributed by atoms with Crippen molar-refractivity contribution in [3.8, 4) is 5.88 Å². The van der Waals surface area contributed by atoms with Gasteiger partial charge < -0.3 is 15.4 Å². The molecule has 1 aliphatic rings. The fourth-order valence-electron chi connectivity index (χ4n) is 2.77. The lowest BCUT2D eigenvalue weighted by Crippen LogP contribution is -2.34. The van der Waals surface area contributed by atoms with Gasteiger partial charge in [-0.2, -0.15) is 0 Å². The lowest BCUT2D eigenvalue weighted by molar-refractivity contribution is 0.156. The molecule has 4 rings (SSSR count). The van der Waals surface area contributed by atoms with Crippen LogP contribution in [0.3, 0.4) is 0 Å². The maximum Gasteiger partial charge on any atom is 0.218 e. The van der Waals surface area contributed by atoms with Crippen LogP contribution in [0.1, 0.15) is 12.8 Å². The van der Waals surface area contributed by atoms with Crippen molar-refractivity contribution in [3.05, 3.63) is 30.6 Å². The van der Waals surface area contributed by atoms with Crippen molar-refractivity contribution >= 4 is 44.8 Å². The van der Waals surface area contributed by atoms with E-state index in [9.17, 15) is 0 Å². The molecular weight excluding hydrogens is 354 g/mol. The van der Waals surface area contributed by atoms with E-state index in [0.29, 0.717) is 5.88 Å². The molecule has 1 fully saturated rings. The third-order valence-electron chi connectivity index (χ3n) is 4.03. The van der Waals surface area contributed by atoms with Crippen LogP contribution in [0.2, 0.25) is 0 Å². The molecule has 3 heterocycles. The molecular formula is C17H19N5OS2. The normalized spacial score (nSPS) is 15.4. The van der Waals surface area contributed by atoms with Crippen molar-refractivity contribution in [1.82, 2.24) is 20.3 Å². The number of fused-ring (bicyclic) bond motifs is 1. The number of thiazole rings is 1. The Hall–Kier alpha value is -1.90. The Morgan fingerprint density at radius 1 is 1.24 bits per heavy atom. The lowest BCUT2D eigenvalue weighted by Gasteiger charge is -2.23. The average Bonchev–Trinajstić information content (AvgIpc) is 3.05.